The Labute approximate surface area is 119 Å². The molecule has 0 spiro atoms. The van der Waals surface area contributed by atoms with Crippen LogP contribution in [0.15, 0.2) is 28.8 Å². The van der Waals surface area contributed by atoms with Gasteiger partial charge in [0.2, 0.25) is 5.91 Å². The summed E-state index contributed by atoms with van der Waals surface area (Å²) < 4.78 is 4.44. The summed E-state index contributed by atoms with van der Waals surface area (Å²) >= 11 is 0. The lowest BCUT2D eigenvalue weighted by Gasteiger charge is -2.08. The van der Waals surface area contributed by atoms with E-state index in [1.807, 2.05) is 32.9 Å². The molecule has 20 heavy (non-hydrogen) atoms. The van der Waals surface area contributed by atoms with Gasteiger partial charge in [-0.25, -0.2) is 4.79 Å². The molecule has 0 aromatic carbocycles. The van der Waals surface area contributed by atoms with Gasteiger partial charge in [-0.2, -0.15) is 0 Å². The van der Waals surface area contributed by atoms with Gasteiger partial charge in [-0.1, -0.05) is 26.0 Å². The Morgan fingerprint density at radius 2 is 2.10 bits per heavy atom. The zero-order valence-corrected chi connectivity index (χ0v) is 12.3. The van der Waals surface area contributed by atoms with Crippen LogP contribution < -0.4 is 11.1 Å². The number of hydrogen-bond acceptors (Lipinski definition) is 4. The van der Waals surface area contributed by atoms with Gasteiger partial charge in [-0.05, 0) is 25.3 Å². The third kappa shape index (κ3) is 9.87. The molecule has 6 heteroatoms. The molecule has 0 atom stereocenters. The lowest BCUT2D eigenvalue weighted by molar-refractivity contribution is -0.117. The van der Waals surface area contributed by atoms with Crippen molar-refractivity contribution in [3.63, 3.8) is 0 Å². The molecule has 0 saturated carbocycles. The van der Waals surface area contributed by atoms with Crippen molar-refractivity contribution >= 4 is 18.2 Å². The summed E-state index contributed by atoms with van der Waals surface area (Å²) in [5.74, 6) is 0.263. The topological polar surface area (TPSA) is 93.8 Å². The zero-order valence-electron chi connectivity index (χ0n) is 12.3. The van der Waals surface area contributed by atoms with E-state index >= 15 is 0 Å². The van der Waals surface area contributed by atoms with Crippen LogP contribution in [0.2, 0.25) is 0 Å². The largest absolute Gasteiger partial charge is 0.426 e. The van der Waals surface area contributed by atoms with E-state index in [0.717, 1.165) is 0 Å². The van der Waals surface area contributed by atoms with Crippen molar-refractivity contribution in [2.45, 2.75) is 27.2 Å². The fourth-order valence-electron chi connectivity index (χ4n) is 1.18. The molecule has 0 saturated heterocycles. The molecule has 0 aromatic heterocycles. The van der Waals surface area contributed by atoms with Crippen LogP contribution in [0.1, 0.15) is 27.2 Å². The van der Waals surface area contributed by atoms with Gasteiger partial charge in [0.25, 0.3) is 0 Å². The highest BCUT2D eigenvalue weighted by molar-refractivity contribution is 5.97. The Bertz CT molecular complexity index is 398. The van der Waals surface area contributed by atoms with E-state index in [1.165, 1.54) is 6.21 Å². The summed E-state index contributed by atoms with van der Waals surface area (Å²) in [5, 5.41) is 2.84. The number of nitrogens with one attached hydrogen (secondary N) is 1. The summed E-state index contributed by atoms with van der Waals surface area (Å²) in [7, 11) is 0. The van der Waals surface area contributed by atoms with Crippen LogP contribution >= 0.6 is 0 Å². The van der Waals surface area contributed by atoms with Crippen molar-refractivity contribution < 1.29 is 14.3 Å². The second-order valence-electron chi connectivity index (χ2n) is 4.49. The molecular weight excluding hydrogens is 258 g/mol. The molecule has 0 heterocycles. The van der Waals surface area contributed by atoms with Crippen LogP contribution in [-0.4, -0.2) is 31.5 Å². The third-order valence-electron chi connectivity index (χ3n) is 2.20. The van der Waals surface area contributed by atoms with Crippen LogP contribution in [0, 0.1) is 5.92 Å². The van der Waals surface area contributed by atoms with Crippen molar-refractivity contribution in [2.75, 3.05) is 13.3 Å². The number of carbonyl (C=O) groups is 2. The van der Waals surface area contributed by atoms with Crippen molar-refractivity contribution in [1.29, 1.82) is 0 Å². The molecule has 0 bridgehead atoms. The summed E-state index contributed by atoms with van der Waals surface area (Å²) in [5.41, 5.74) is 5.38. The van der Waals surface area contributed by atoms with E-state index in [0.29, 0.717) is 24.5 Å². The van der Waals surface area contributed by atoms with Gasteiger partial charge in [-0.3, -0.25) is 9.79 Å². The minimum Gasteiger partial charge on any atom is -0.426 e. The van der Waals surface area contributed by atoms with Crippen molar-refractivity contribution in [3.8, 4) is 0 Å². The predicted molar refractivity (Wildman–Crippen MR) is 79.4 cm³/mol. The molecule has 0 aliphatic heterocycles. The maximum Gasteiger partial charge on any atom is 0.406 e. The Kier molecular flexibility index (Phi) is 9.64. The van der Waals surface area contributed by atoms with E-state index < -0.39 is 6.09 Å². The second-order valence-corrected chi connectivity index (χ2v) is 4.49. The van der Waals surface area contributed by atoms with E-state index in [1.54, 1.807) is 6.08 Å². The normalized spacial score (nSPS) is 12.3. The fourth-order valence-corrected chi connectivity index (χ4v) is 1.18. The number of carbonyl (C=O) groups excluding carboxylic acids is 2. The molecule has 2 amide bonds. The number of amides is 2. The molecule has 112 valence electrons. The lowest BCUT2D eigenvalue weighted by Crippen LogP contribution is -2.28. The number of rotatable bonds is 8. The van der Waals surface area contributed by atoms with Crippen molar-refractivity contribution in [1.82, 2.24) is 5.32 Å². The van der Waals surface area contributed by atoms with Crippen LogP contribution in [0.5, 0.6) is 0 Å². The average Bonchev–Trinajstić information content (AvgIpc) is 2.38. The summed E-state index contributed by atoms with van der Waals surface area (Å²) in [6, 6.07) is 0. The van der Waals surface area contributed by atoms with Gasteiger partial charge < -0.3 is 15.8 Å². The molecule has 0 unspecified atom stereocenters. The van der Waals surface area contributed by atoms with Crippen molar-refractivity contribution in [2.24, 2.45) is 16.6 Å². The lowest BCUT2D eigenvalue weighted by atomic mass is 10.1. The first kappa shape index (κ1) is 17.9. The van der Waals surface area contributed by atoms with E-state index in [4.69, 9.17) is 5.73 Å². The summed E-state index contributed by atoms with van der Waals surface area (Å²) in [6.45, 7) is 6.40. The molecule has 3 N–H and O–H groups in total. The molecule has 0 rings (SSSR count). The first-order chi connectivity index (χ1) is 9.47. The highest BCUT2D eigenvalue weighted by Crippen LogP contribution is 2.03. The van der Waals surface area contributed by atoms with E-state index in [-0.39, 0.29) is 12.6 Å². The minimum atomic E-state index is -0.880. The fraction of sp³-hybridized carbons (Fsp3) is 0.500. The number of ether oxygens (including phenoxy) is 1. The van der Waals surface area contributed by atoms with Gasteiger partial charge in [-0.15, -0.1) is 0 Å². The maximum atomic E-state index is 11.9. The minimum absolute atomic E-state index is 0.126. The van der Waals surface area contributed by atoms with E-state index in [9.17, 15) is 9.59 Å². The van der Waals surface area contributed by atoms with Crippen LogP contribution in [0.4, 0.5) is 4.79 Å². The third-order valence-corrected chi connectivity index (χ3v) is 2.20. The molecular formula is C14H23N3O3. The predicted octanol–water partition coefficient (Wildman–Crippen LogP) is 1.77. The first-order valence-corrected chi connectivity index (χ1v) is 6.48. The molecule has 0 aliphatic carbocycles. The Morgan fingerprint density at radius 3 is 2.65 bits per heavy atom. The van der Waals surface area contributed by atoms with Gasteiger partial charge >= 0.3 is 6.09 Å². The number of nitrogens with two attached hydrogens (primary N) is 1. The number of primary amides is 1. The van der Waals surface area contributed by atoms with Crippen LogP contribution in [-0.2, 0) is 9.53 Å². The molecule has 0 aromatic rings. The smallest absolute Gasteiger partial charge is 0.406 e. The average molecular weight is 281 g/mol. The van der Waals surface area contributed by atoms with Gasteiger partial charge in [0.05, 0.1) is 0 Å². The Morgan fingerprint density at radius 1 is 1.40 bits per heavy atom. The maximum absolute atomic E-state index is 11.9. The summed E-state index contributed by atoms with van der Waals surface area (Å²) in [6.07, 6.45) is 6.42. The first-order valence-electron chi connectivity index (χ1n) is 6.48. The number of aliphatic imine (C=N–C) groups is 1. The van der Waals surface area contributed by atoms with Crippen LogP contribution in [0.3, 0.4) is 0 Å². The highest BCUT2D eigenvalue weighted by Gasteiger charge is 2.07. The standard InChI is InChI=1S/C14H23N3O3/c1-4-5-6-12(13(18)17-9-11(2)3)7-8-16-10-20-14(15)19/h4-5,7-8,11H,6,9-10H2,1-3H3,(H2,15,19)(H,17,18)/b5-4-,12-7+,16-8+. The van der Waals surface area contributed by atoms with Crippen molar-refractivity contribution in [3.05, 3.63) is 23.8 Å². The molecule has 0 fully saturated rings. The van der Waals surface area contributed by atoms with Gasteiger partial charge in [0, 0.05) is 18.3 Å². The monoisotopic (exact) mass is 281 g/mol. The number of allylic oxidation sites excluding steroid dienone is 3. The van der Waals surface area contributed by atoms with Gasteiger partial charge in [0.15, 0.2) is 6.73 Å². The molecule has 0 aliphatic rings. The quantitative estimate of drug-likeness (QED) is 0.403. The number of hydrogen-bond donors (Lipinski definition) is 2. The summed E-state index contributed by atoms with van der Waals surface area (Å²) in [4.78, 5) is 26.1. The Hall–Kier alpha value is -2.11. The molecule has 6 nitrogen and oxygen atoms in total. The second kappa shape index (κ2) is 10.8. The molecule has 0 radical (unpaired) electrons. The zero-order chi connectivity index (χ0) is 15.4. The highest BCUT2D eigenvalue weighted by atomic mass is 16.6. The number of nitrogens with zero attached hydrogens (tertiary/aromatic N) is 1. The Balaban J connectivity index is 4.52. The van der Waals surface area contributed by atoms with E-state index in [2.05, 4.69) is 15.0 Å². The van der Waals surface area contributed by atoms with Crippen LogP contribution in [0.25, 0.3) is 0 Å². The van der Waals surface area contributed by atoms with Gasteiger partial charge in [0.1, 0.15) is 0 Å². The SMILES string of the molecule is C/C=C\C/C(=C\C=N\COC(N)=O)C(=O)NCC(C)C.